The molecule has 0 spiro atoms. The minimum absolute atomic E-state index is 0.214. The lowest BCUT2D eigenvalue weighted by atomic mass is 10.2. The van der Waals surface area contributed by atoms with E-state index in [0.29, 0.717) is 5.82 Å². The van der Waals surface area contributed by atoms with E-state index >= 15 is 0 Å². The zero-order valence-corrected chi connectivity index (χ0v) is 14.9. The molecule has 2 N–H and O–H groups in total. The van der Waals surface area contributed by atoms with Gasteiger partial charge < -0.3 is 5.32 Å². The summed E-state index contributed by atoms with van der Waals surface area (Å²) in [5, 5.41) is 9.56. The number of hydrogen-bond donors (Lipinski definition) is 2. The number of amides is 2. The molecule has 1 heterocycles. The molecule has 0 unspecified atom stereocenters. The Labute approximate surface area is 141 Å². The summed E-state index contributed by atoms with van der Waals surface area (Å²) in [4.78, 5) is 12.1. The highest BCUT2D eigenvalue weighted by Crippen LogP contribution is 2.14. The number of aromatic nitrogens is 2. The third kappa shape index (κ3) is 4.12. The molecular formula is C15H21N5O3S. The van der Waals surface area contributed by atoms with Crippen molar-refractivity contribution in [3.05, 3.63) is 41.6 Å². The zero-order chi connectivity index (χ0) is 17.9. The van der Waals surface area contributed by atoms with Gasteiger partial charge in [0, 0.05) is 33.8 Å². The summed E-state index contributed by atoms with van der Waals surface area (Å²) in [6, 6.07) is 7.79. The van der Waals surface area contributed by atoms with Crippen molar-refractivity contribution >= 4 is 21.9 Å². The largest absolute Gasteiger partial charge is 0.334 e. The molecule has 0 radical (unpaired) electrons. The van der Waals surface area contributed by atoms with Gasteiger partial charge in [0.05, 0.1) is 10.6 Å². The molecular weight excluding hydrogens is 330 g/mol. The van der Waals surface area contributed by atoms with Gasteiger partial charge in [-0.15, -0.1) is 0 Å². The number of urea groups is 1. The van der Waals surface area contributed by atoms with Crippen LogP contribution in [0.5, 0.6) is 0 Å². The van der Waals surface area contributed by atoms with E-state index in [-0.39, 0.29) is 17.5 Å². The van der Waals surface area contributed by atoms with Gasteiger partial charge in [0.2, 0.25) is 10.0 Å². The fraction of sp³-hybridized carbons (Fsp3) is 0.333. The quantitative estimate of drug-likeness (QED) is 0.849. The van der Waals surface area contributed by atoms with Crippen molar-refractivity contribution in [3.63, 3.8) is 0 Å². The SMILES string of the molecule is Cc1cc(NC(=O)NCc2ccc(S(=O)(=O)N(C)C)cc2)n(C)n1. The molecule has 0 atom stereocenters. The number of hydrogen-bond acceptors (Lipinski definition) is 4. The summed E-state index contributed by atoms with van der Waals surface area (Å²) >= 11 is 0. The summed E-state index contributed by atoms with van der Waals surface area (Å²) in [6.45, 7) is 2.12. The summed E-state index contributed by atoms with van der Waals surface area (Å²) < 4.78 is 26.7. The monoisotopic (exact) mass is 351 g/mol. The van der Waals surface area contributed by atoms with Gasteiger partial charge in [-0.2, -0.15) is 5.10 Å². The first kappa shape index (κ1) is 18.0. The first-order valence-corrected chi connectivity index (χ1v) is 8.71. The van der Waals surface area contributed by atoms with E-state index in [0.717, 1.165) is 15.6 Å². The smallest absolute Gasteiger partial charge is 0.320 e. The number of anilines is 1. The molecule has 130 valence electrons. The fourth-order valence-corrected chi connectivity index (χ4v) is 2.96. The van der Waals surface area contributed by atoms with E-state index in [2.05, 4.69) is 15.7 Å². The second-order valence-electron chi connectivity index (χ2n) is 5.53. The lowest BCUT2D eigenvalue weighted by Crippen LogP contribution is -2.29. The van der Waals surface area contributed by atoms with Crippen LogP contribution in [-0.2, 0) is 23.6 Å². The number of aryl methyl sites for hydroxylation is 2. The molecule has 2 rings (SSSR count). The van der Waals surface area contributed by atoms with Crippen LogP contribution in [0, 0.1) is 6.92 Å². The van der Waals surface area contributed by atoms with Crippen molar-refractivity contribution in [1.29, 1.82) is 0 Å². The Bertz CT molecular complexity index is 825. The number of carbonyl (C=O) groups is 1. The van der Waals surface area contributed by atoms with E-state index in [9.17, 15) is 13.2 Å². The van der Waals surface area contributed by atoms with Crippen molar-refractivity contribution in [2.24, 2.45) is 7.05 Å². The highest BCUT2D eigenvalue weighted by molar-refractivity contribution is 7.89. The average molecular weight is 351 g/mol. The first-order chi connectivity index (χ1) is 11.2. The molecule has 24 heavy (non-hydrogen) atoms. The fourth-order valence-electron chi connectivity index (χ4n) is 2.06. The Morgan fingerprint density at radius 2 is 1.88 bits per heavy atom. The zero-order valence-electron chi connectivity index (χ0n) is 14.1. The molecule has 0 bridgehead atoms. The van der Waals surface area contributed by atoms with Crippen LogP contribution in [0.1, 0.15) is 11.3 Å². The predicted molar refractivity (Wildman–Crippen MR) is 91.1 cm³/mol. The maximum absolute atomic E-state index is 12.0. The van der Waals surface area contributed by atoms with Gasteiger partial charge in [0.15, 0.2) is 0 Å². The Balaban J connectivity index is 1.95. The molecule has 0 aliphatic carbocycles. The second kappa shape index (κ2) is 7.02. The van der Waals surface area contributed by atoms with E-state index in [4.69, 9.17) is 0 Å². The van der Waals surface area contributed by atoms with Gasteiger partial charge >= 0.3 is 6.03 Å². The van der Waals surface area contributed by atoms with Gasteiger partial charge in [-0.25, -0.2) is 17.5 Å². The number of nitrogens with zero attached hydrogens (tertiary/aromatic N) is 3. The average Bonchev–Trinajstić information content (AvgIpc) is 2.83. The van der Waals surface area contributed by atoms with Crippen molar-refractivity contribution < 1.29 is 13.2 Å². The number of benzene rings is 1. The van der Waals surface area contributed by atoms with Crippen molar-refractivity contribution in [3.8, 4) is 0 Å². The van der Waals surface area contributed by atoms with E-state index < -0.39 is 10.0 Å². The van der Waals surface area contributed by atoms with Gasteiger partial charge in [0.1, 0.15) is 5.82 Å². The second-order valence-corrected chi connectivity index (χ2v) is 7.69. The van der Waals surface area contributed by atoms with Crippen LogP contribution in [0.3, 0.4) is 0 Å². The molecule has 1 aromatic heterocycles. The third-order valence-electron chi connectivity index (χ3n) is 3.40. The van der Waals surface area contributed by atoms with E-state index in [1.165, 1.54) is 26.2 Å². The normalized spacial score (nSPS) is 11.5. The highest BCUT2D eigenvalue weighted by atomic mass is 32.2. The summed E-state index contributed by atoms with van der Waals surface area (Å²) in [5.41, 5.74) is 1.61. The van der Waals surface area contributed by atoms with Crippen LogP contribution in [0.15, 0.2) is 35.2 Å². The van der Waals surface area contributed by atoms with Gasteiger partial charge in [-0.1, -0.05) is 12.1 Å². The van der Waals surface area contributed by atoms with Crippen LogP contribution < -0.4 is 10.6 Å². The number of carbonyl (C=O) groups excluding carboxylic acids is 1. The van der Waals surface area contributed by atoms with Gasteiger partial charge in [-0.3, -0.25) is 10.00 Å². The third-order valence-corrected chi connectivity index (χ3v) is 5.23. The lowest BCUT2D eigenvalue weighted by molar-refractivity contribution is 0.251. The molecule has 0 saturated heterocycles. The summed E-state index contributed by atoms with van der Waals surface area (Å²) in [6.07, 6.45) is 0. The molecule has 0 fully saturated rings. The first-order valence-electron chi connectivity index (χ1n) is 7.27. The Kier molecular flexibility index (Phi) is 5.25. The standard InChI is InChI=1S/C15H21N5O3S/c1-11-9-14(20(4)18-11)17-15(21)16-10-12-5-7-13(8-6-12)24(22,23)19(2)3/h5-9H,10H2,1-4H3,(H2,16,17,21). The highest BCUT2D eigenvalue weighted by Gasteiger charge is 2.16. The predicted octanol–water partition coefficient (Wildman–Crippen LogP) is 1.30. The van der Waals surface area contributed by atoms with E-state index in [1.54, 1.807) is 29.9 Å². The lowest BCUT2D eigenvalue weighted by Gasteiger charge is -2.12. The van der Waals surface area contributed by atoms with Gasteiger partial charge in [-0.05, 0) is 24.6 Å². The van der Waals surface area contributed by atoms with Gasteiger partial charge in [0.25, 0.3) is 0 Å². The molecule has 9 heteroatoms. The van der Waals surface area contributed by atoms with Crippen molar-refractivity contribution in [2.75, 3.05) is 19.4 Å². The Hall–Kier alpha value is -2.39. The van der Waals surface area contributed by atoms with Crippen LogP contribution >= 0.6 is 0 Å². The summed E-state index contributed by atoms with van der Waals surface area (Å²) in [5.74, 6) is 0.595. The van der Waals surface area contributed by atoms with Crippen LogP contribution in [0.2, 0.25) is 0 Å². The minimum atomic E-state index is -3.44. The number of sulfonamides is 1. The van der Waals surface area contributed by atoms with Crippen LogP contribution in [0.25, 0.3) is 0 Å². The molecule has 2 aromatic rings. The van der Waals surface area contributed by atoms with Crippen LogP contribution in [-0.4, -0.2) is 42.6 Å². The van der Waals surface area contributed by atoms with Crippen LogP contribution in [0.4, 0.5) is 10.6 Å². The van der Waals surface area contributed by atoms with Crippen molar-refractivity contribution in [2.45, 2.75) is 18.4 Å². The maximum atomic E-state index is 12.0. The number of rotatable bonds is 5. The van der Waals surface area contributed by atoms with E-state index in [1.807, 2.05) is 6.92 Å². The molecule has 0 aliphatic heterocycles. The number of nitrogens with one attached hydrogen (secondary N) is 2. The minimum Gasteiger partial charge on any atom is -0.334 e. The molecule has 2 amide bonds. The Morgan fingerprint density at radius 3 is 2.38 bits per heavy atom. The maximum Gasteiger partial charge on any atom is 0.320 e. The Morgan fingerprint density at radius 1 is 1.25 bits per heavy atom. The van der Waals surface area contributed by atoms with Crippen molar-refractivity contribution in [1.82, 2.24) is 19.4 Å². The molecule has 0 aliphatic rings. The topological polar surface area (TPSA) is 96.3 Å². The molecule has 0 saturated carbocycles. The molecule has 1 aromatic carbocycles. The molecule has 8 nitrogen and oxygen atoms in total. The summed E-state index contributed by atoms with van der Waals surface area (Å²) in [7, 11) is 1.26.